The van der Waals surface area contributed by atoms with Crippen LogP contribution in [-0.4, -0.2) is 19.6 Å². The Morgan fingerprint density at radius 1 is 1.04 bits per heavy atom. The minimum atomic E-state index is -9.63. The highest BCUT2D eigenvalue weighted by Crippen LogP contribution is 3.02. The second-order valence-electron chi connectivity index (χ2n) is 6.28. The van der Waals surface area contributed by atoms with E-state index >= 15 is 0 Å². The summed E-state index contributed by atoms with van der Waals surface area (Å²) in [6, 6.07) is 4.48. The second kappa shape index (κ2) is 6.04. The van der Waals surface area contributed by atoms with E-state index in [0.717, 1.165) is 12.1 Å². The van der Waals surface area contributed by atoms with Gasteiger partial charge in [0.25, 0.3) is 5.78 Å². The SMILES string of the molecule is C1CC1.Cc1cc(NCc2ccc(S(F)(F)(F)(F)F)cc2)n2ncnc2n1. The Kier molecular flexibility index (Phi) is 4.33. The highest BCUT2D eigenvalue weighted by molar-refractivity contribution is 8.45. The van der Waals surface area contributed by atoms with Crippen molar-refractivity contribution in [1.82, 2.24) is 19.6 Å². The summed E-state index contributed by atoms with van der Waals surface area (Å²) < 4.78 is 64.8. The quantitative estimate of drug-likeness (QED) is 0.550. The van der Waals surface area contributed by atoms with Gasteiger partial charge in [-0.1, -0.05) is 50.8 Å². The maximum atomic E-state index is 12.7. The summed E-state index contributed by atoms with van der Waals surface area (Å²) in [6.45, 7) is 1.88. The summed E-state index contributed by atoms with van der Waals surface area (Å²) in [6.07, 6.45) is 5.82. The predicted octanol–water partition coefficient (Wildman–Crippen LogP) is 5.87. The van der Waals surface area contributed by atoms with Gasteiger partial charge in [0.1, 0.15) is 17.0 Å². The first-order chi connectivity index (χ1) is 12.4. The molecule has 5 nitrogen and oxygen atoms in total. The molecular weight excluding hydrogens is 389 g/mol. The monoisotopic (exact) mass is 407 g/mol. The van der Waals surface area contributed by atoms with Crippen LogP contribution in [0.25, 0.3) is 5.78 Å². The minimum Gasteiger partial charge on any atom is -0.366 e. The van der Waals surface area contributed by atoms with Gasteiger partial charge in [0.2, 0.25) is 0 Å². The molecule has 0 saturated heterocycles. The van der Waals surface area contributed by atoms with Crippen molar-refractivity contribution in [3.8, 4) is 0 Å². The molecular formula is C16H18F5N5S. The largest absolute Gasteiger partial charge is 0.366 e. The van der Waals surface area contributed by atoms with Crippen LogP contribution in [0.3, 0.4) is 0 Å². The summed E-state index contributed by atoms with van der Waals surface area (Å²) in [4.78, 5) is 6.19. The molecule has 1 fully saturated rings. The number of fused-ring (bicyclic) bond motifs is 1. The smallest absolute Gasteiger partial charge is 0.310 e. The van der Waals surface area contributed by atoms with Crippen LogP contribution >= 0.6 is 10.2 Å². The molecule has 148 valence electrons. The summed E-state index contributed by atoms with van der Waals surface area (Å²) >= 11 is 0. The maximum Gasteiger partial charge on any atom is 0.310 e. The summed E-state index contributed by atoms with van der Waals surface area (Å²) in [5, 5.41) is 6.94. The number of benzene rings is 1. The molecule has 0 amide bonds. The van der Waals surface area contributed by atoms with Crippen molar-refractivity contribution < 1.29 is 19.4 Å². The third kappa shape index (κ3) is 5.28. The average molecular weight is 407 g/mol. The molecule has 3 aromatic rings. The number of anilines is 1. The molecule has 0 atom stereocenters. The Balaban J connectivity index is 0.000000637. The van der Waals surface area contributed by atoms with Gasteiger partial charge in [-0.2, -0.15) is 14.6 Å². The molecule has 1 N–H and O–H groups in total. The van der Waals surface area contributed by atoms with Gasteiger partial charge in [0.15, 0.2) is 0 Å². The Bertz CT molecular complexity index is 949. The molecule has 1 aromatic carbocycles. The van der Waals surface area contributed by atoms with Crippen LogP contribution < -0.4 is 5.32 Å². The highest BCUT2D eigenvalue weighted by Gasteiger charge is 2.65. The van der Waals surface area contributed by atoms with E-state index < -0.39 is 15.1 Å². The van der Waals surface area contributed by atoms with E-state index in [9.17, 15) is 19.4 Å². The van der Waals surface area contributed by atoms with Gasteiger partial charge in [-0.25, -0.2) is 4.98 Å². The summed E-state index contributed by atoms with van der Waals surface area (Å²) in [5.41, 5.74) is 1.08. The van der Waals surface area contributed by atoms with E-state index in [1.807, 2.05) is 0 Å². The fraction of sp³-hybridized carbons (Fsp3) is 0.312. The van der Waals surface area contributed by atoms with Gasteiger partial charge in [0.05, 0.1) is 0 Å². The normalized spacial score (nSPS) is 16.1. The van der Waals surface area contributed by atoms with Crippen LogP contribution in [0, 0.1) is 6.92 Å². The van der Waals surface area contributed by atoms with Gasteiger partial charge >= 0.3 is 10.2 Å². The zero-order chi connectivity index (χ0) is 19.8. The maximum absolute atomic E-state index is 12.7. The van der Waals surface area contributed by atoms with Gasteiger partial charge in [-0.3, -0.25) is 0 Å². The van der Waals surface area contributed by atoms with Crippen molar-refractivity contribution >= 4 is 21.8 Å². The highest BCUT2D eigenvalue weighted by atomic mass is 32.5. The molecule has 27 heavy (non-hydrogen) atoms. The summed E-state index contributed by atoms with van der Waals surface area (Å²) in [7, 11) is -9.63. The van der Waals surface area contributed by atoms with Crippen molar-refractivity contribution in [2.45, 2.75) is 37.6 Å². The van der Waals surface area contributed by atoms with E-state index in [4.69, 9.17) is 0 Å². The number of nitrogens with one attached hydrogen (secondary N) is 1. The third-order valence-corrected chi connectivity index (χ3v) is 4.74. The molecule has 0 unspecified atom stereocenters. The second-order valence-corrected chi connectivity index (χ2v) is 8.69. The Labute approximate surface area is 152 Å². The van der Waals surface area contributed by atoms with Crippen LogP contribution in [0.1, 0.15) is 30.5 Å². The molecule has 2 aromatic heterocycles. The zero-order valence-corrected chi connectivity index (χ0v) is 15.2. The Morgan fingerprint density at radius 3 is 2.22 bits per heavy atom. The number of hydrogen-bond donors (Lipinski definition) is 1. The Hall–Kier alpha value is -2.43. The van der Waals surface area contributed by atoms with Crippen molar-refractivity contribution in [2.24, 2.45) is 0 Å². The first-order valence-electron chi connectivity index (χ1n) is 8.17. The lowest BCUT2D eigenvalue weighted by Crippen LogP contribution is -2.08. The number of rotatable bonds is 4. The Morgan fingerprint density at radius 2 is 1.67 bits per heavy atom. The first-order valence-corrected chi connectivity index (χ1v) is 10.1. The molecule has 0 spiro atoms. The van der Waals surface area contributed by atoms with Crippen LogP contribution in [0.15, 0.2) is 41.6 Å². The van der Waals surface area contributed by atoms with Gasteiger partial charge in [0, 0.05) is 18.3 Å². The van der Waals surface area contributed by atoms with E-state index in [1.54, 1.807) is 13.0 Å². The lowest BCUT2D eigenvalue weighted by atomic mass is 10.2. The first kappa shape index (κ1) is 19.3. The van der Waals surface area contributed by atoms with Crippen molar-refractivity contribution in [1.29, 1.82) is 0 Å². The molecule has 1 saturated carbocycles. The predicted molar refractivity (Wildman–Crippen MR) is 94.5 cm³/mol. The molecule has 1 aliphatic rings. The number of aromatic nitrogens is 4. The average Bonchev–Trinajstić information content (AvgIpc) is 3.36. The van der Waals surface area contributed by atoms with Gasteiger partial charge in [-0.05, 0) is 24.6 Å². The number of aryl methyl sites for hydroxylation is 1. The minimum absolute atomic E-state index is 0.124. The molecule has 4 rings (SSSR count). The molecule has 2 heterocycles. The van der Waals surface area contributed by atoms with Crippen LogP contribution in [0.5, 0.6) is 0 Å². The van der Waals surface area contributed by atoms with Crippen LogP contribution in [0.2, 0.25) is 0 Å². The number of nitrogens with zero attached hydrogens (tertiary/aromatic N) is 4. The molecule has 0 bridgehead atoms. The van der Waals surface area contributed by atoms with Gasteiger partial charge in [-0.15, -0.1) is 0 Å². The van der Waals surface area contributed by atoms with Crippen molar-refractivity contribution in [3.63, 3.8) is 0 Å². The third-order valence-electron chi connectivity index (χ3n) is 3.58. The number of halogens is 5. The fourth-order valence-electron chi connectivity index (χ4n) is 2.11. The van der Waals surface area contributed by atoms with E-state index in [-0.39, 0.29) is 6.54 Å². The summed E-state index contributed by atoms with van der Waals surface area (Å²) in [5.74, 6) is 0.903. The number of hydrogen-bond acceptors (Lipinski definition) is 4. The van der Waals surface area contributed by atoms with E-state index in [1.165, 1.54) is 30.1 Å². The topological polar surface area (TPSA) is 55.1 Å². The fourth-order valence-corrected chi connectivity index (χ4v) is 2.76. The van der Waals surface area contributed by atoms with Crippen molar-refractivity contribution in [3.05, 3.63) is 47.9 Å². The molecule has 0 aliphatic heterocycles. The van der Waals surface area contributed by atoms with Crippen LogP contribution in [0.4, 0.5) is 25.2 Å². The molecule has 11 heteroatoms. The lowest BCUT2D eigenvalue weighted by molar-refractivity contribution is 0.364. The van der Waals surface area contributed by atoms with E-state index in [2.05, 4.69) is 20.4 Å². The zero-order valence-electron chi connectivity index (χ0n) is 14.4. The standard InChI is InChI=1S/C13H12F5N5S.C3H6/c1-9-6-12(23-13(22-9)20-8-21-23)19-7-10-2-4-11(5-3-10)24(14,15,16,17)18;1-2-3-1/h2-6,8,19H,7H2,1H3;1-3H2. The lowest BCUT2D eigenvalue weighted by Gasteiger charge is -2.40. The van der Waals surface area contributed by atoms with E-state index in [0.29, 0.717) is 35.0 Å². The molecule has 1 aliphatic carbocycles. The van der Waals surface area contributed by atoms with Crippen molar-refractivity contribution in [2.75, 3.05) is 5.32 Å². The van der Waals surface area contributed by atoms with Crippen LogP contribution in [-0.2, 0) is 6.54 Å². The molecule has 0 radical (unpaired) electrons. The van der Waals surface area contributed by atoms with Gasteiger partial charge < -0.3 is 5.32 Å².